The highest BCUT2D eigenvalue weighted by Gasteiger charge is 2.43. The fourth-order valence-corrected chi connectivity index (χ4v) is 2.68. The minimum Gasteiger partial charge on any atom is -0.478 e. The molecule has 5 heteroatoms. The van der Waals surface area contributed by atoms with Gasteiger partial charge in [0.2, 0.25) is 5.91 Å². The summed E-state index contributed by atoms with van der Waals surface area (Å²) in [6.45, 7) is 2.02. The van der Waals surface area contributed by atoms with Gasteiger partial charge in [-0.25, -0.2) is 9.18 Å². The van der Waals surface area contributed by atoms with Gasteiger partial charge < -0.3 is 10.4 Å². The normalized spacial score (nSPS) is 16.3. The summed E-state index contributed by atoms with van der Waals surface area (Å²) < 4.78 is 13.8. The molecule has 108 valence electrons. The van der Waals surface area contributed by atoms with Crippen LogP contribution in [0.15, 0.2) is 18.2 Å². The average molecular weight is 279 g/mol. The van der Waals surface area contributed by atoms with Crippen LogP contribution < -0.4 is 5.32 Å². The molecule has 0 spiro atoms. The second kappa shape index (κ2) is 5.61. The number of aromatic carboxylic acids is 1. The van der Waals surface area contributed by atoms with Crippen molar-refractivity contribution in [2.24, 2.45) is 5.41 Å². The number of rotatable bonds is 5. The lowest BCUT2D eigenvalue weighted by Crippen LogP contribution is -2.42. The first kappa shape index (κ1) is 14.5. The summed E-state index contributed by atoms with van der Waals surface area (Å²) in [5, 5.41) is 11.4. The second-order valence-electron chi connectivity index (χ2n) is 5.34. The predicted molar refractivity (Wildman–Crippen MR) is 73.2 cm³/mol. The van der Waals surface area contributed by atoms with Crippen LogP contribution in [0.1, 0.15) is 49.4 Å². The summed E-state index contributed by atoms with van der Waals surface area (Å²) in [5.41, 5.74) is -0.457. The lowest BCUT2D eigenvalue weighted by atomic mass is 9.65. The van der Waals surface area contributed by atoms with Crippen LogP contribution in [0.5, 0.6) is 0 Å². The molecule has 0 aliphatic heterocycles. The number of benzene rings is 1. The third-order valence-corrected chi connectivity index (χ3v) is 3.99. The molecule has 1 aliphatic rings. The largest absolute Gasteiger partial charge is 0.478 e. The van der Waals surface area contributed by atoms with Gasteiger partial charge in [0.25, 0.3) is 0 Å². The van der Waals surface area contributed by atoms with E-state index in [1.165, 1.54) is 12.1 Å². The molecule has 1 aliphatic carbocycles. The molecule has 4 nitrogen and oxygen atoms in total. The van der Waals surface area contributed by atoms with Crippen molar-refractivity contribution in [1.29, 1.82) is 0 Å². The van der Waals surface area contributed by atoms with E-state index < -0.39 is 11.8 Å². The third-order valence-electron chi connectivity index (χ3n) is 3.99. The van der Waals surface area contributed by atoms with Crippen molar-refractivity contribution >= 4 is 17.6 Å². The van der Waals surface area contributed by atoms with E-state index in [9.17, 15) is 14.0 Å². The molecule has 0 saturated heterocycles. The van der Waals surface area contributed by atoms with E-state index in [4.69, 9.17) is 5.11 Å². The molecule has 0 radical (unpaired) electrons. The van der Waals surface area contributed by atoms with E-state index in [1.807, 2.05) is 6.92 Å². The zero-order chi connectivity index (χ0) is 14.8. The van der Waals surface area contributed by atoms with Crippen molar-refractivity contribution in [2.75, 3.05) is 5.32 Å². The maximum absolute atomic E-state index is 13.8. The average Bonchev–Trinajstić information content (AvgIpc) is 2.35. The first-order chi connectivity index (χ1) is 9.48. The molecule has 0 heterocycles. The van der Waals surface area contributed by atoms with Gasteiger partial charge in [-0.05, 0) is 37.5 Å². The summed E-state index contributed by atoms with van der Waals surface area (Å²) in [4.78, 5) is 23.0. The highest BCUT2D eigenvalue weighted by Crippen LogP contribution is 2.45. The van der Waals surface area contributed by atoms with Gasteiger partial charge in [-0.3, -0.25) is 4.79 Å². The molecule has 1 fully saturated rings. The molecule has 0 aromatic heterocycles. The lowest BCUT2D eigenvalue weighted by molar-refractivity contribution is -0.130. The number of carboxylic acid groups (broad SMARTS) is 1. The Labute approximate surface area is 117 Å². The first-order valence-corrected chi connectivity index (χ1v) is 6.83. The monoisotopic (exact) mass is 279 g/mol. The summed E-state index contributed by atoms with van der Waals surface area (Å²) in [5.74, 6) is -2.07. The summed E-state index contributed by atoms with van der Waals surface area (Å²) in [6, 6.07) is 3.51. The Hall–Kier alpha value is -1.91. The van der Waals surface area contributed by atoms with Gasteiger partial charge in [-0.15, -0.1) is 0 Å². The third kappa shape index (κ3) is 2.66. The van der Waals surface area contributed by atoms with Crippen molar-refractivity contribution in [2.45, 2.75) is 39.0 Å². The number of hydrogen-bond donors (Lipinski definition) is 2. The highest BCUT2D eigenvalue weighted by atomic mass is 19.1. The molecule has 20 heavy (non-hydrogen) atoms. The Bertz CT molecular complexity index is 538. The number of halogens is 1. The minimum absolute atomic E-state index is 0.0439. The fraction of sp³-hybridized carbons (Fsp3) is 0.467. The summed E-state index contributed by atoms with van der Waals surface area (Å²) in [6.07, 6.45) is 4.40. The smallest absolute Gasteiger partial charge is 0.335 e. The molecule has 2 N–H and O–H groups in total. The highest BCUT2D eigenvalue weighted by molar-refractivity contribution is 5.96. The Morgan fingerprint density at radius 2 is 2.10 bits per heavy atom. The predicted octanol–water partition coefficient (Wildman–Crippen LogP) is 3.43. The Morgan fingerprint density at radius 1 is 1.40 bits per heavy atom. The second-order valence-corrected chi connectivity index (χ2v) is 5.34. The Balaban J connectivity index is 2.13. The van der Waals surface area contributed by atoms with E-state index in [0.717, 1.165) is 38.2 Å². The quantitative estimate of drug-likeness (QED) is 0.867. The zero-order valence-electron chi connectivity index (χ0n) is 11.4. The number of amides is 1. The maximum Gasteiger partial charge on any atom is 0.335 e. The summed E-state index contributed by atoms with van der Waals surface area (Å²) in [7, 11) is 0. The van der Waals surface area contributed by atoms with Gasteiger partial charge in [0, 0.05) is 5.41 Å². The van der Waals surface area contributed by atoms with E-state index in [1.54, 1.807) is 0 Å². The Kier molecular flexibility index (Phi) is 4.06. The van der Waals surface area contributed by atoms with Crippen LogP contribution in [0.3, 0.4) is 0 Å². The maximum atomic E-state index is 13.8. The van der Waals surface area contributed by atoms with Crippen LogP contribution in [0.2, 0.25) is 0 Å². The van der Waals surface area contributed by atoms with Crippen molar-refractivity contribution in [3.05, 3.63) is 29.6 Å². The van der Waals surface area contributed by atoms with E-state index in [2.05, 4.69) is 5.32 Å². The van der Waals surface area contributed by atoms with Crippen LogP contribution in [0.25, 0.3) is 0 Å². The van der Waals surface area contributed by atoms with Gasteiger partial charge in [0.1, 0.15) is 5.82 Å². The van der Waals surface area contributed by atoms with Crippen molar-refractivity contribution in [3.63, 3.8) is 0 Å². The number of carbonyl (C=O) groups excluding carboxylic acids is 1. The summed E-state index contributed by atoms with van der Waals surface area (Å²) >= 11 is 0. The number of carboxylic acids is 1. The molecule has 0 atom stereocenters. The molecular weight excluding hydrogens is 261 g/mol. The van der Waals surface area contributed by atoms with E-state index in [-0.39, 0.29) is 22.6 Å². The number of hydrogen-bond acceptors (Lipinski definition) is 2. The molecule has 1 amide bonds. The minimum atomic E-state index is -1.19. The Morgan fingerprint density at radius 3 is 2.55 bits per heavy atom. The van der Waals surface area contributed by atoms with Crippen molar-refractivity contribution in [1.82, 2.24) is 0 Å². The van der Waals surface area contributed by atoms with Gasteiger partial charge >= 0.3 is 5.97 Å². The standard InChI is InChI=1S/C15H18FNO3/c1-2-6-15(7-3-8-15)14(20)17-12-5-4-10(13(18)19)9-11(12)16/h4-5,9H,2-3,6-8H2,1H3,(H,17,20)(H,18,19). The lowest BCUT2D eigenvalue weighted by Gasteiger charge is -2.40. The SMILES string of the molecule is CCCC1(C(=O)Nc2ccc(C(=O)O)cc2F)CCC1. The number of carbonyl (C=O) groups is 2. The van der Waals surface area contributed by atoms with Gasteiger partial charge in [-0.2, -0.15) is 0 Å². The molecule has 1 aromatic carbocycles. The van der Waals surface area contributed by atoms with E-state index >= 15 is 0 Å². The molecule has 2 rings (SSSR count). The first-order valence-electron chi connectivity index (χ1n) is 6.83. The zero-order valence-corrected chi connectivity index (χ0v) is 11.4. The van der Waals surface area contributed by atoms with Gasteiger partial charge in [0.15, 0.2) is 0 Å². The van der Waals surface area contributed by atoms with Crippen molar-refractivity contribution in [3.8, 4) is 0 Å². The van der Waals surface area contributed by atoms with Crippen molar-refractivity contribution < 1.29 is 19.1 Å². The molecule has 0 unspecified atom stereocenters. The number of anilines is 1. The number of nitrogens with one attached hydrogen (secondary N) is 1. The van der Waals surface area contributed by atoms with Crippen LogP contribution in [0, 0.1) is 11.2 Å². The molecule has 0 bridgehead atoms. The fourth-order valence-electron chi connectivity index (χ4n) is 2.68. The van der Waals surface area contributed by atoms with Crippen LogP contribution >= 0.6 is 0 Å². The molecule has 1 aromatic rings. The molecular formula is C15H18FNO3. The van der Waals surface area contributed by atoms with Crippen LogP contribution in [0.4, 0.5) is 10.1 Å². The topological polar surface area (TPSA) is 66.4 Å². The van der Waals surface area contributed by atoms with Gasteiger partial charge in [-0.1, -0.05) is 19.8 Å². The van der Waals surface area contributed by atoms with Crippen LogP contribution in [-0.4, -0.2) is 17.0 Å². The molecule has 1 saturated carbocycles. The van der Waals surface area contributed by atoms with Gasteiger partial charge in [0.05, 0.1) is 11.3 Å². The van der Waals surface area contributed by atoms with Crippen LogP contribution in [-0.2, 0) is 4.79 Å². The van der Waals surface area contributed by atoms with E-state index in [0.29, 0.717) is 0 Å².